The third kappa shape index (κ3) is 3.57. The third-order valence-corrected chi connectivity index (χ3v) is 4.08. The van der Waals surface area contributed by atoms with Gasteiger partial charge in [-0.15, -0.1) is 0 Å². The largest absolute Gasteiger partial charge is 0.490 e. The fraction of sp³-hybridized carbons (Fsp3) is 0.263. The van der Waals surface area contributed by atoms with Crippen molar-refractivity contribution in [2.24, 2.45) is 0 Å². The highest BCUT2D eigenvalue weighted by Gasteiger charge is 2.21. The predicted octanol–water partition coefficient (Wildman–Crippen LogP) is 2.75. The lowest BCUT2D eigenvalue weighted by molar-refractivity contribution is -0.116. The Hall–Kier alpha value is -3.02. The molecule has 0 unspecified atom stereocenters. The Balaban J connectivity index is 1.84. The minimum atomic E-state index is -0.199. The average Bonchev–Trinajstić information content (AvgIpc) is 2.61. The molecule has 0 saturated carbocycles. The maximum absolute atomic E-state index is 12.5. The first kappa shape index (κ1) is 16.8. The van der Waals surface area contributed by atoms with Crippen LogP contribution in [0.2, 0.25) is 0 Å². The lowest BCUT2D eigenvalue weighted by Crippen LogP contribution is -2.36. The first-order chi connectivity index (χ1) is 12.0. The maximum atomic E-state index is 12.5. The van der Waals surface area contributed by atoms with Gasteiger partial charge in [-0.1, -0.05) is 6.07 Å². The second kappa shape index (κ2) is 6.84. The zero-order chi connectivity index (χ0) is 18.0. The highest BCUT2D eigenvalue weighted by atomic mass is 16.5. The average molecular weight is 339 g/mol. The molecule has 1 aliphatic heterocycles. The molecule has 25 heavy (non-hydrogen) atoms. The van der Waals surface area contributed by atoms with Gasteiger partial charge in [0.05, 0.1) is 12.2 Å². The molecular formula is C19H21N3O3. The summed E-state index contributed by atoms with van der Waals surface area (Å²) in [7, 11) is 3.85. The van der Waals surface area contributed by atoms with Crippen molar-refractivity contribution in [3.63, 3.8) is 0 Å². The lowest BCUT2D eigenvalue weighted by atomic mass is 10.1. The Kier molecular flexibility index (Phi) is 4.61. The smallest absolute Gasteiger partial charge is 0.255 e. The van der Waals surface area contributed by atoms with Gasteiger partial charge in [-0.2, -0.15) is 0 Å². The van der Waals surface area contributed by atoms with E-state index < -0.39 is 0 Å². The number of rotatable bonds is 3. The van der Waals surface area contributed by atoms with Crippen LogP contribution in [-0.4, -0.2) is 39.1 Å². The van der Waals surface area contributed by atoms with Crippen LogP contribution in [0.5, 0.6) is 5.75 Å². The van der Waals surface area contributed by atoms with E-state index in [2.05, 4.69) is 5.32 Å². The molecule has 1 N–H and O–H groups in total. The number of ether oxygens (including phenoxy) is 1. The van der Waals surface area contributed by atoms with E-state index in [1.165, 1.54) is 6.92 Å². The van der Waals surface area contributed by atoms with E-state index in [1.54, 1.807) is 29.2 Å². The Labute approximate surface area is 147 Å². The minimum Gasteiger partial charge on any atom is -0.490 e. The summed E-state index contributed by atoms with van der Waals surface area (Å²) in [4.78, 5) is 27.9. The third-order valence-electron chi connectivity index (χ3n) is 4.08. The van der Waals surface area contributed by atoms with Gasteiger partial charge < -0.3 is 19.9 Å². The molecule has 0 radical (unpaired) electrons. The quantitative estimate of drug-likeness (QED) is 0.934. The van der Waals surface area contributed by atoms with Gasteiger partial charge in [0, 0.05) is 38.0 Å². The zero-order valence-electron chi connectivity index (χ0n) is 14.6. The topological polar surface area (TPSA) is 61.9 Å². The van der Waals surface area contributed by atoms with Crippen LogP contribution in [0.4, 0.5) is 17.1 Å². The van der Waals surface area contributed by atoms with Gasteiger partial charge in [0.2, 0.25) is 5.91 Å². The lowest BCUT2D eigenvalue weighted by Gasteiger charge is -2.29. The monoisotopic (exact) mass is 339 g/mol. The molecule has 0 atom stereocenters. The molecule has 2 amide bonds. The van der Waals surface area contributed by atoms with E-state index in [1.807, 2.05) is 37.2 Å². The van der Waals surface area contributed by atoms with Crippen LogP contribution in [-0.2, 0) is 4.79 Å². The van der Waals surface area contributed by atoms with E-state index >= 15 is 0 Å². The van der Waals surface area contributed by atoms with Gasteiger partial charge in [0.15, 0.2) is 0 Å². The normalized spacial score (nSPS) is 12.8. The number of benzene rings is 2. The fourth-order valence-electron chi connectivity index (χ4n) is 2.75. The number of nitrogens with one attached hydrogen (secondary N) is 1. The molecule has 130 valence electrons. The molecule has 2 aromatic carbocycles. The van der Waals surface area contributed by atoms with Crippen LogP contribution in [0, 0.1) is 0 Å². The van der Waals surface area contributed by atoms with Gasteiger partial charge >= 0.3 is 0 Å². The summed E-state index contributed by atoms with van der Waals surface area (Å²) in [5.74, 6) is 0.399. The predicted molar refractivity (Wildman–Crippen MR) is 98.7 cm³/mol. The number of carbonyl (C=O) groups excluding carboxylic acids is 2. The zero-order valence-corrected chi connectivity index (χ0v) is 14.6. The van der Waals surface area contributed by atoms with Crippen molar-refractivity contribution < 1.29 is 14.3 Å². The summed E-state index contributed by atoms with van der Waals surface area (Å²) in [5.41, 5.74) is 2.83. The van der Waals surface area contributed by atoms with Crippen molar-refractivity contribution in [1.82, 2.24) is 0 Å². The number of carbonyl (C=O) groups is 2. The molecule has 0 spiro atoms. The first-order valence-electron chi connectivity index (χ1n) is 8.09. The van der Waals surface area contributed by atoms with Gasteiger partial charge in [-0.25, -0.2) is 0 Å². The number of fused-ring (bicyclic) bond motifs is 1. The summed E-state index contributed by atoms with van der Waals surface area (Å²) in [5, 5.41) is 2.88. The van der Waals surface area contributed by atoms with E-state index in [0.29, 0.717) is 35.8 Å². The van der Waals surface area contributed by atoms with Crippen molar-refractivity contribution in [3.8, 4) is 5.75 Å². The van der Waals surface area contributed by atoms with Crippen molar-refractivity contribution in [3.05, 3.63) is 48.0 Å². The van der Waals surface area contributed by atoms with Gasteiger partial charge in [0.1, 0.15) is 12.4 Å². The van der Waals surface area contributed by atoms with Gasteiger partial charge in [0.25, 0.3) is 5.91 Å². The second-order valence-corrected chi connectivity index (χ2v) is 6.10. The Bertz CT molecular complexity index is 817. The summed E-state index contributed by atoms with van der Waals surface area (Å²) in [6.45, 7) is 2.49. The Morgan fingerprint density at radius 1 is 1.16 bits per heavy atom. The molecule has 2 aromatic rings. The van der Waals surface area contributed by atoms with E-state index in [-0.39, 0.29) is 11.8 Å². The molecule has 6 nitrogen and oxygen atoms in total. The standard InChI is InChI=1S/C19H21N3O3/c1-13(23)22-9-10-25-18-8-7-15(12-17(18)22)20-19(24)14-5-4-6-16(11-14)21(2)3/h4-8,11-12H,9-10H2,1-3H3,(H,20,24). The Morgan fingerprint density at radius 2 is 1.96 bits per heavy atom. The maximum Gasteiger partial charge on any atom is 0.255 e. The van der Waals surface area contributed by atoms with E-state index in [9.17, 15) is 9.59 Å². The number of anilines is 3. The van der Waals surface area contributed by atoms with Crippen LogP contribution < -0.4 is 19.9 Å². The van der Waals surface area contributed by atoms with Crippen LogP contribution in [0.3, 0.4) is 0 Å². The highest BCUT2D eigenvalue weighted by molar-refractivity contribution is 6.05. The summed E-state index contributed by atoms with van der Waals surface area (Å²) in [6, 6.07) is 12.7. The molecule has 6 heteroatoms. The Morgan fingerprint density at radius 3 is 2.68 bits per heavy atom. The molecular weight excluding hydrogens is 318 g/mol. The number of hydrogen-bond acceptors (Lipinski definition) is 4. The second-order valence-electron chi connectivity index (χ2n) is 6.10. The summed E-state index contributed by atoms with van der Waals surface area (Å²) >= 11 is 0. The van der Waals surface area contributed by atoms with Crippen molar-refractivity contribution in [2.45, 2.75) is 6.92 Å². The molecule has 0 saturated heterocycles. The van der Waals surface area contributed by atoms with Crippen LogP contribution >= 0.6 is 0 Å². The van der Waals surface area contributed by atoms with Crippen molar-refractivity contribution in [2.75, 3.05) is 42.4 Å². The molecule has 0 bridgehead atoms. The van der Waals surface area contributed by atoms with Gasteiger partial charge in [-0.3, -0.25) is 9.59 Å². The summed E-state index contributed by atoms with van der Waals surface area (Å²) < 4.78 is 5.58. The molecule has 0 aromatic heterocycles. The highest BCUT2D eigenvalue weighted by Crippen LogP contribution is 2.34. The molecule has 0 aliphatic carbocycles. The minimum absolute atomic E-state index is 0.0493. The number of amides is 2. The van der Waals surface area contributed by atoms with Crippen molar-refractivity contribution in [1.29, 1.82) is 0 Å². The van der Waals surface area contributed by atoms with Crippen LogP contribution in [0.25, 0.3) is 0 Å². The van der Waals surface area contributed by atoms with Crippen molar-refractivity contribution >= 4 is 28.9 Å². The summed E-state index contributed by atoms with van der Waals surface area (Å²) in [6.07, 6.45) is 0. The number of nitrogens with zero attached hydrogens (tertiary/aromatic N) is 2. The first-order valence-corrected chi connectivity index (χ1v) is 8.09. The molecule has 3 rings (SSSR count). The van der Waals surface area contributed by atoms with Crippen LogP contribution in [0.15, 0.2) is 42.5 Å². The molecule has 1 aliphatic rings. The SMILES string of the molecule is CC(=O)N1CCOc2ccc(NC(=O)c3cccc(N(C)C)c3)cc21. The van der Waals surface area contributed by atoms with Crippen LogP contribution in [0.1, 0.15) is 17.3 Å². The van der Waals surface area contributed by atoms with Gasteiger partial charge in [-0.05, 0) is 36.4 Å². The number of hydrogen-bond donors (Lipinski definition) is 1. The fourth-order valence-corrected chi connectivity index (χ4v) is 2.75. The molecule has 0 fully saturated rings. The van der Waals surface area contributed by atoms with E-state index in [4.69, 9.17) is 4.74 Å². The molecule has 1 heterocycles. The van der Waals surface area contributed by atoms with E-state index in [0.717, 1.165) is 5.69 Å².